The minimum atomic E-state index is -4.00. The van der Waals surface area contributed by atoms with Crippen LogP contribution in [-0.4, -0.2) is 66.5 Å². The molecule has 1 fully saturated rings. The van der Waals surface area contributed by atoms with Gasteiger partial charge in [-0.05, 0) is 25.3 Å². The quantitative estimate of drug-likeness (QED) is 0.620. The summed E-state index contributed by atoms with van der Waals surface area (Å²) >= 11 is 1.15. The molecule has 1 heterocycles. The standard InChI is InChI=1S/C14H20O7S2/c1-8-3-5-9(6-4-8)23(18,19)20-7-10-11(15)12(16)13(17)14(21-10)22-2/h3-6,10-17H,7H2,1-2H3/t10-,11+,12+,13-,14-/m1/s1. The van der Waals surface area contributed by atoms with Crippen LogP contribution in [0.4, 0.5) is 0 Å². The first kappa shape index (κ1) is 18.7. The van der Waals surface area contributed by atoms with E-state index in [-0.39, 0.29) is 4.90 Å². The molecule has 0 bridgehead atoms. The Bertz CT molecular complexity index is 615. The summed E-state index contributed by atoms with van der Waals surface area (Å²) in [5.74, 6) is 0. The molecule has 0 aromatic heterocycles. The first-order valence-electron chi connectivity index (χ1n) is 6.95. The number of aliphatic hydroxyl groups is 3. The number of aryl methyl sites for hydroxylation is 1. The predicted octanol–water partition coefficient (Wildman–Crippen LogP) is -0.129. The van der Waals surface area contributed by atoms with E-state index in [2.05, 4.69) is 0 Å². The van der Waals surface area contributed by atoms with E-state index in [0.717, 1.165) is 17.3 Å². The van der Waals surface area contributed by atoms with Gasteiger partial charge >= 0.3 is 0 Å². The molecule has 130 valence electrons. The molecule has 7 nitrogen and oxygen atoms in total. The number of aliphatic hydroxyl groups excluding tert-OH is 3. The Morgan fingerprint density at radius 1 is 1.13 bits per heavy atom. The van der Waals surface area contributed by atoms with E-state index in [0.29, 0.717) is 0 Å². The van der Waals surface area contributed by atoms with E-state index < -0.39 is 46.6 Å². The van der Waals surface area contributed by atoms with Crippen LogP contribution in [0.15, 0.2) is 29.2 Å². The van der Waals surface area contributed by atoms with Crippen molar-refractivity contribution in [1.82, 2.24) is 0 Å². The SMILES string of the molecule is CS[C@H]1O[C@H](COS(=O)(=O)c2ccc(C)cc2)[C@H](O)[C@H](O)[C@H]1O. The van der Waals surface area contributed by atoms with Crippen LogP contribution in [0.2, 0.25) is 0 Å². The topological polar surface area (TPSA) is 113 Å². The largest absolute Gasteiger partial charge is 0.387 e. The molecule has 1 aliphatic heterocycles. The highest BCUT2D eigenvalue weighted by Crippen LogP contribution is 2.27. The summed E-state index contributed by atoms with van der Waals surface area (Å²) < 4.78 is 34.5. The summed E-state index contributed by atoms with van der Waals surface area (Å²) in [6.45, 7) is 1.37. The second-order valence-electron chi connectivity index (χ2n) is 5.30. The van der Waals surface area contributed by atoms with Gasteiger partial charge in [-0.2, -0.15) is 8.42 Å². The molecule has 0 radical (unpaired) electrons. The second kappa shape index (κ2) is 7.47. The normalized spacial score (nSPS) is 32.0. The minimum Gasteiger partial charge on any atom is -0.387 e. The van der Waals surface area contributed by atoms with Gasteiger partial charge in [0, 0.05) is 0 Å². The maximum Gasteiger partial charge on any atom is 0.297 e. The molecule has 0 unspecified atom stereocenters. The van der Waals surface area contributed by atoms with E-state index in [1.54, 1.807) is 18.4 Å². The zero-order chi connectivity index (χ0) is 17.2. The molecular weight excluding hydrogens is 344 g/mol. The molecule has 1 aliphatic rings. The Morgan fingerprint density at radius 3 is 2.30 bits per heavy atom. The van der Waals surface area contributed by atoms with Crippen molar-refractivity contribution >= 4 is 21.9 Å². The molecule has 5 atom stereocenters. The first-order valence-corrected chi connectivity index (χ1v) is 9.64. The fourth-order valence-corrected chi connectivity index (χ4v) is 3.79. The number of hydrogen-bond acceptors (Lipinski definition) is 8. The van der Waals surface area contributed by atoms with Crippen molar-refractivity contribution in [3.8, 4) is 0 Å². The van der Waals surface area contributed by atoms with Crippen LogP contribution in [0.5, 0.6) is 0 Å². The van der Waals surface area contributed by atoms with Crippen LogP contribution in [0.3, 0.4) is 0 Å². The summed E-state index contributed by atoms with van der Waals surface area (Å²) in [5.41, 5.74) is 0.138. The van der Waals surface area contributed by atoms with Gasteiger partial charge in [0.25, 0.3) is 10.1 Å². The number of thioether (sulfide) groups is 1. The lowest BCUT2D eigenvalue weighted by Crippen LogP contribution is -2.57. The Balaban J connectivity index is 2.05. The van der Waals surface area contributed by atoms with E-state index in [9.17, 15) is 23.7 Å². The third kappa shape index (κ3) is 4.24. The van der Waals surface area contributed by atoms with Crippen molar-refractivity contribution < 1.29 is 32.7 Å². The summed E-state index contributed by atoms with van der Waals surface area (Å²) in [5, 5.41) is 29.4. The predicted molar refractivity (Wildman–Crippen MR) is 84.5 cm³/mol. The monoisotopic (exact) mass is 364 g/mol. The fraction of sp³-hybridized carbons (Fsp3) is 0.571. The Labute approximate surface area is 139 Å². The highest BCUT2D eigenvalue weighted by Gasteiger charge is 2.43. The van der Waals surface area contributed by atoms with Crippen LogP contribution >= 0.6 is 11.8 Å². The van der Waals surface area contributed by atoms with Gasteiger partial charge in [-0.25, -0.2) is 0 Å². The van der Waals surface area contributed by atoms with E-state index in [1.807, 2.05) is 6.92 Å². The van der Waals surface area contributed by atoms with Gasteiger partial charge in [0.15, 0.2) is 0 Å². The van der Waals surface area contributed by atoms with Gasteiger partial charge in [0.05, 0.1) is 11.5 Å². The zero-order valence-electron chi connectivity index (χ0n) is 12.7. The van der Waals surface area contributed by atoms with Crippen molar-refractivity contribution in [2.45, 2.75) is 41.7 Å². The van der Waals surface area contributed by atoms with Gasteiger partial charge < -0.3 is 20.1 Å². The van der Waals surface area contributed by atoms with E-state index in [1.165, 1.54) is 12.1 Å². The molecule has 9 heteroatoms. The molecule has 23 heavy (non-hydrogen) atoms. The summed E-state index contributed by atoms with van der Waals surface area (Å²) in [6.07, 6.45) is -3.53. The van der Waals surface area contributed by atoms with Gasteiger partial charge in [-0.3, -0.25) is 4.18 Å². The first-order chi connectivity index (χ1) is 10.8. The summed E-state index contributed by atoms with van der Waals surface area (Å²) in [7, 11) is -4.00. The fourth-order valence-electron chi connectivity index (χ4n) is 2.18. The average Bonchev–Trinajstić information content (AvgIpc) is 2.52. The highest BCUT2D eigenvalue weighted by atomic mass is 32.2. The number of ether oxygens (including phenoxy) is 1. The average molecular weight is 364 g/mol. The van der Waals surface area contributed by atoms with Gasteiger partial charge in [0.2, 0.25) is 0 Å². The summed E-state index contributed by atoms with van der Waals surface area (Å²) in [4.78, 5) is -0.00426. The van der Waals surface area contributed by atoms with Crippen molar-refractivity contribution in [2.75, 3.05) is 12.9 Å². The number of hydrogen-bond donors (Lipinski definition) is 3. The smallest absolute Gasteiger partial charge is 0.297 e. The van der Waals surface area contributed by atoms with Crippen LogP contribution in [0.25, 0.3) is 0 Å². The molecule has 0 saturated carbocycles. The molecule has 1 aromatic rings. The van der Waals surface area contributed by atoms with Crippen molar-refractivity contribution in [3.63, 3.8) is 0 Å². The van der Waals surface area contributed by atoms with Crippen LogP contribution < -0.4 is 0 Å². The second-order valence-corrected chi connectivity index (χ2v) is 7.85. The zero-order valence-corrected chi connectivity index (χ0v) is 14.3. The Morgan fingerprint density at radius 2 is 1.74 bits per heavy atom. The van der Waals surface area contributed by atoms with Crippen LogP contribution in [0, 0.1) is 6.92 Å². The molecular formula is C14H20O7S2. The molecule has 0 aliphatic carbocycles. The Hall–Kier alpha value is -0.680. The van der Waals surface area contributed by atoms with Gasteiger partial charge in [-0.1, -0.05) is 17.7 Å². The summed E-state index contributed by atoms with van der Waals surface area (Å²) in [6, 6.07) is 6.14. The third-order valence-electron chi connectivity index (χ3n) is 3.60. The molecule has 0 spiro atoms. The van der Waals surface area contributed by atoms with Gasteiger partial charge in [0.1, 0.15) is 29.9 Å². The number of benzene rings is 1. The van der Waals surface area contributed by atoms with Crippen LogP contribution in [0.1, 0.15) is 5.56 Å². The lowest BCUT2D eigenvalue weighted by atomic mass is 10.0. The highest BCUT2D eigenvalue weighted by molar-refractivity contribution is 7.99. The van der Waals surface area contributed by atoms with Crippen molar-refractivity contribution in [3.05, 3.63) is 29.8 Å². The molecule has 2 rings (SSSR count). The Kier molecular flexibility index (Phi) is 6.06. The lowest BCUT2D eigenvalue weighted by Gasteiger charge is -2.39. The van der Waals surface area contributed by atoms with Crippen LogP contribution in [-0.2, 0) is 19.0 Å². The molecule has 3 N–H and O–H groups in total. The molecule has 0 amide bonds. The number of rotatable bonds is 5. The van der Waals surface area contributed by atoms with E-state index in [4.69, 9.17) is 8.92 Å². The van der Waals surface area contributed by atoms with E-state index >= 15 is 0 Å². The maximum absolute atomic E-state index is 12.1. The third-order valence-corrected chi connectivity index (χ3v) is 5.75. The molecule has 1 aromatic carbocycles. The van der Waals surface area contributed by atoms with Crippen molar-refractivity contribution in [2.24, 2.45) is 0 Å². The minimum absolute atomic E-state index is 0.00426. The van der Waals surface area contributed by atoms with Gasteiger partial charge in [-0.15, -0.1) is 11.8 Å². The lowest BCUT2D eigenvalue weighted by molar-refractivity contribution is -0.203. The molecule has 1 saturated heterocycles. The van der Waals surface area contributed by atoms with Crippen molar-refractivity contribution in [1.29, 1.82) is 0 Å². The maximum atomic E-state index is 12.1.